The van der Waals surface area contributed by atoms with Crippen molar-refractivity contribution >= 4 is 5.97 Å². The summed E-state index contributed by atoms with van der Waals surface area (Å²) < 4.78 is 19.1. The van der Waals surface area contributed by atoms with Crippen molar-refractivity contribution in [1.29, 1.82) is 0 Å². The van der Waals surface area contributed by atoms with Gasteiger partial charge in [-0.3, -0.25) is 0 Å². The number of hydrogen-bond donors (Lipinski definition) is 1. The molecule has 0 aliphatic rings. The minimum absolute atomic E-state index is 0.00148. The number of benzene rings is 2. The van der Waals surface area contributed by atoms with Gasteiger partial charge in [-0.15, -0.1) is 0 Å². The highest BCUT2D eigenvalue weighted by Gasteiger charge is 2.17. The maximum absolute atomic E-state index is 13.6. The summed E-state index contributed by atoms with van der Waals surface area (Å²) in [7, 11) is 0. The molecule has 0 unspecified atom stereocenters. The van der Waals surface area contributed by atoms with Gasteiger partial charge in [-0.1, -0.05) is 32.0 Å². The van der Waals surface area contributed by atoms with Crippen LogP contribution in [0.2, 0.25) is 0 Å². The second kappa shape index (κ2) is 5.74. The Labute approximate surface area is 116 Å². The lowest BCUT2D eigenvalue weighted by atomic mass is 10.0. The van der Waals surface area contributed by atoms with Gasteiger partial charge in [-0.2, -0.15) is 0 Å². The molecule has 0 bridgehead atoms. The van der Waals surface area contributed by atoms with Gasteiger partial charge in [0.2, 0.25) is 0 Å². The van der Waals surface area contributed by atoms with Crippen LogP contribution in [0.5, 0.6) is 11.5 Å². The maximum atomic E-state index is 13.6. The Morgan fingerprint density at radius 2 is 1.90 bits per heavy atom. The molecule has 3 nitrogen and oxygen atoms in total. The zero-order chi connectivity index (χ0) is 14.7. The normalized spacial score (nSPS) is 10.6. The van der Waals surface area contributed by atoms with Crippen molar-refractivity contribution in [3.05, 3.63) is 59.4 Å². The molecule has 2 aromatic rings. The van der Waals surface area contributed by atoms with Crippen LogP contribution < -0.4 is 4.74 Å². The Bertz CT molecular complexity index is 635. The quantitative estimate of drug-likeness (QED) is 0.896. The first-order valence-corrected chi connectivity index (χ1v) is 6.28. The third-order valence-corrected chi connectivity index (χ3v) is 2.94. The van der Waals surface area contributed by atoms with Gasteiger partial charge in [0.05, 0.1) is 0 Å². The number of halogens is 1. The van der Waals surface area contributed by atoms with Crippen LogP contribution in [-0.2, 0) is 0 Å². The van der Waals surface area contributed by atoms with Crippen LogP contribution in [0, 0.1) is 5.82 Å². The Morgan fingerprint density at radius 3 is 2.55 bits per heavy atom. The summed E-state index contributed by atoms with van der Waals surface area (Å²) in [6, 6.07) is 11.3. The molecule has 0 aliphatic carbocycles. The monoisotopic (exact) mass is 274 g/mol. The number of rotatable bonds is 4. The van der Waals surface area contributed by atoms with E-state index in [1.165, 1.54) is 12.1 Å². The summed E-state index contributed by atoms with van der Waals surface area (Å²) in [4.78, 5) is 11.1. The van der Waals surface area contributed by atoms with Crippen LogP contribution in [0.4, 0.5) is 4.39 Å². The largest absolute Gasteiger partial charge is 0.477 e. The number of carboxylic acids is 1. The van der Waals surface area contributed by atoms with Crippen LogP contribution in [-0.4, -0.2) is 11.1 Å². The highest BCUT2D eigenvalue weighted by atomic mass is 19.1. The van der Waals surface area contributed by atoms with Crippen LogP contribution in [0.25, 0.3) is 0 Å². The SMILES string of the molecule is CC(C)c1cccc(Oc2cccc(F)c2C(=O)O)c1. The molecule has 4 heteroatoms. The fraction of sp³-hybridized carbons (Fsp3) is 0.188. The molecule has 1 N–H and O–H groups in total. The molecule has 0 saturated carbocycles. The minimum Gasteiger partial charge on any atom is -0.477 e. The summed E-state index contributed by atoms with van der Waals surface area (Å²) in [5, 5.41) is 9.05. The van der Waals surface area contributed by atoms with Gasteiger partial charge in [-0.25, -0.2) is 9.18 Å². The van der Waals surface area contributed by atoms with Crippen molar-refractivity contribution in [3.8, 4) is 11.5 Å². The summed E-state index contributed by atoms with van der Waals surface area (Å²) >= 11 is 0. The third kappa shape index (κ3) is 2.96. The number of carbonyl (C=O) groups is 1. The van der Waals surface area contributed by atoms with E-state index in [0.29, 0.717) is 11.7 Å². The molecule has 0 aliphatic heterocycles. The highest BCUT2D eigenvalue weighted by Crippen LogP contribution is 2.29. The topological polar surface area (TPSA) is 46.5 Å². The van der Waals surface area contributed by atoms with Gasteiger partial charge in [0.25, 0.3) is 0 Å². The maximum Gasteiger partial charge on any atom is 0.342 e. The van der Waals surface area contributed by atoms with Crippen molar-refractivity contribution in [3.63, 3.8) is 0 Å². The van der Waals surface area contributed by atoms with Crippen LogP contribution in [0.1, 0.15) is 35.7 Å². The zero-order valence-electron chi connectivity index (χ0n) is 11.3. The molecule has 0 fully saturated rings. The molecule has 0 aromatic heterocycles. The summed E-state index contributed by atoms with van der Waals surface area (Å²) in [6.45, 7) is 4.09. The molecule has 2 rings (SSSR count). The molecule has 20 heavy (non-hydrogen) atoms. The average Bonchev–Trinajstić information content (AvgIpc) is 2.38. The first kappa shape index (κ1) is 14.1. The molecule has 0 saturated heterocycles. The van der Waals surface area contributed by atoms with Gasteiger partial charge in [-0.05, 0) is 35.7 Å². The number of hydrogen-bond acceptors (Lipinski definition) is 2. The molecule has 0 atom stereocenters. The van der Waals surface area contributed by atoms with E-state index in [0.717, 1.165) is 11.6 Å². The summed E-state index contributed by atoms with van der Waals surface area (Å²) in [5.74, 6) is -1.35. The lowest BCUT2D eigenvalue weighted by Gasteiger charge is -2.11. The number of carboxylic acid groups (broad SMARTS) is 1. The van der Waals surface area contributed by atoms with E-state index in [9.17, 15) is 9.18 Å². The predicted molar refractivity (Wildman–Crippen MR) is 74.0 cm³/mol. The van der Waals surface area contributed by atoms with Gasteiger partial charge >= 0.3 is 5.97 Å². The zero-order valence-corrected chi connectivity index (χ0v) is 11.3. The Kier molecular flexibility index (Phi) is 4.03. The molecule has 0 amide bonds. The Morgan fingerprint density at radius 1 is 1.20 bits per heavy atom. The molecule has 0 heterocycles. The lowest BCUT2D eigenvalue weighted by molar-refractivity contribution is 0.0689. The van der Waals surface area contributed by atoms with Crippen LogP contribution in [0.15, 0.2) is 42.5 Å². The molecule has 0 radical (unpaired) electrons. The fourth-order valence-corrected chi connectivity index (χ4v) is 1.86. The van der Waals surface area contributed by atoms with Crippen molar-refractivity contribution < 1.29 is 19.0 Å². The Balaban J connectivity index is 2.38. The molecular weight excluding hydrogens is 259 g/mol. The van der Waals surface area contributed by atoms with E-state index in [4.69, 9.17) is 9.84 Å². The standard InChI is InChI=1S/C16H15FO3/c1-10(2)11-5-3-6-12(9-11)20-14-8-4-7-13(17)15(14)16(18)19/h3-10H,1-2H3,(H,18,19). The van der Waals surface area contributed by atoms with E-state index in [-0.39, 0.29) is 5.75 Å². The first-order chi connectivity index (χ1) is 9.49. The van der Waals surface area contributed by atoms with E-state index in [1.807, 2.05) is 32.0 Å². The van der Waals surface area contributed by atoms with E-state index in [2.05, 4.69) is 0 Å². The molecule has 2 aromatic carbocycles. The van der Waals surface area contributed by atoms with Crippen molar-refractivity contribution in [2.24, 2.45) is 0 Å². The number of ether oxygens (including phenoxy) is 1. The van der Waals surface area contributed by atoms with Gasteiger partial charge in [0.1, 0.15) is 22.9 Å². The smallest absolute Gasteiger partial charge is 0.342 e. The predicted octanol–water partition coefficient (Wildman–Crippen LogP) is 4.44. The van der Waals surface area contributed by atoms with Crippen molar-refractivity contribution in [1.82, 2.24) is 0 Å². The average molecular weight is 274 g/mol. The van der Waals surface area contributed by atoms with E-state index in [1.54, 1.807) is 6.07 Å². The van der Waals surface area contributed by atoms with Crippen molar-refractivity contribution in [2.45, 2.75) is 19.8 Å². The summed E-state index contributed by atoms with van der Waals surface area (Å²) in [6.07, 6.45) is 0. The van der Waals surface area contributed by atoms with Gasteiger partial charge in [0.15, 0.2) is 0 Å². The third-order valence-electron chi connectivity index (χ3n) is 2.94. The van der Waals surface area contributed by atoms with E-state index >= 15 is 0 Å². The summed E-state index contributed by atoms with van der Waals surface area (Å²) in [5.41, 5.74) is 0.609. The molecule has 104 valence electrons. The number of aromatic carboxylic acids is 1. The van der Waals surface area contributed by atoms with Crippen LogP contribution >= 0.6 is 0 Å². The van der Waals surface area contributed by atoms with Crippen molar-refractivity contribution in [2.75, 3.05) is 0 Å². The Hall–Kier alpha value is -2.36. The highest BCUT2D eigenvalue weighted by molar-refractivity contribution is 5.91. The molecule has 0 spiro atoms. The molecular formula is C16H15FO3. The second-order valence-electron chi connectivity index (χ2n) is 4.75. The first-order valence-electron chi connectivity index (χ1n) is 6.28. The van der Waals surface area contributed by atoms with Gasteiger partial charge < -0.3 is 9.84 Å². The van der Waals surface area contributed by atoms with Gasteiger partial charge in [0, 0.05) is 0 Å². The second-order valence-corrected chi connectivity index (χ2v) is 4.75. The van der Waals surface area contributed by atoms with E-state index < -0.39 is 17.3 Å². The van der Waals surface area contributed by atoms with Crippen LogP contribution in [0.3, 0.4) is 0 Å². The lowest BCUT2D eigenvalue weighted by Crippen LogP contribution is -2.03. The fourth-order valence-electron chi connectivity index (χ4n) is 1.86. The minimum atomic E-state index is -1.35.